The molecule has 0 spiro atoms. The number of hydrogen-bond donors (Lipinski definition) is 3. The third-order valence-electron chi connectivity index (χ3n) is 3.42. The van der Waals surface area contributed by atoms with Crippen molar-refractivity contribution >= 4 is 29.1 Å². The zero-order valence-electron chi connectivity index (χ0n) is 10.8. The van der Waals surface area contributed by atoms with Crippen molar-refractivity contribution in [3.8, 4) is 0 Å². The van der Waals surface area contributed by atoms with Crippen LogP contribution in [0.4, 0.5) is 0 Å². The number of thiophene rings is 1. The van der Waals surface area contributed by atoms with Gasteiger partial charge in [-0.1, -0.05) is 0 Å². The number of hydrogen-bond acceptors (Lipinski definition) is 4. The largest absolute Gasteiger partial charge is 0.480 e. The molecule has 2 rings (SSSR count). The fourth-order valence-electron chi connectivity index (χ4n) is 2.04. The summed E-state index contributed by atoms with van der Waals surface area (Å²) in [5.74, 6) is -1.56. The molecule has 6 nitrogen and oxygen atoms in total. The highest BCUT2D eigenvalue weighted by atomic mass is 32.1. The quantitative estimate of drug-likeness (QED) is 0.729. The highest BCUT2D eigenvalue weighted by molar-refractivity contribution is 7.08. The van der Waals surface area contributed by atoms with Crippen molar-refractivity contribution in [3.63, 3.8) is 0 Å². The van der Waals surface area contributed by atoms with Crippen LogP contribution in [-0.2, 0) is 9.59 Å². The zero-order chi connectivity index (χ0) is 14.6. The van der Waals surface area contributed by atoms with E-state index in [1.54, 1.807) is 16.8 Å². The lowest BCUT2D eigenvalue weighted by atomic mass is 9.76. The summed E-state index contributed by atoms with van der Waals surface area (Å²) in [6, 6.07) is 1.70. The topological polar surface area (TPSA) is 95.5 Å². The monoisotopic (exact) mass is 296 g/mol. The van der Waals surface area contributed by atoms with Gasteiger partial charge in [-0.25, -0.2) is 4.79 Å². The molecule has 20 heavy (non-hydrogen) atoms. The molecule has 0 unspecified atom stereocenters. The summed E-state index contributed by atoms with van der Waals surface area (Å²) < 4.78 is 0. The molecule has 108 valence electrons. The average Bonchev–Trinajstić information content (AvgIpc) is 2.87. The van der Waals surface area contributed by atoms with E-state index < -0.39 is 11.5 Å². The van der Waals surface area contributed by atoms with Crippen molar-refractivity contribution in [3.05, 3.63) is 22.4 Å². The van der Waals surface area contributed by atoms with Gasteiger partial charge in [-0.15, -0.1) is 0 Å². The van der Waals surface area contributed by atoms with Crippen molar-refractivity contribution in [2.75, 3.05) is 6.54 Å². The van der Waals surface area contributed by atoms with Crippen LogP contribution in [0.1, 0.15) is 36.0 Å². The SMILES string of the molecule is O=C(CCNC(=O)c1ccsc1)NC1(C(=O)O)CCC1. The number of rotatable bonds is 6. The maximum absolute atomic E-state index is 11.7. The molecule has 2 amide bonds. The van der Waals surface area contributed by atoms with Crippen LogP contribution in [-0.4, -0.2) is 35.0 Å². The van der Waals surface area contributed by atoms with Crippen molar-refractivity contribution in [2.24, 2.45) is 0 Å². The number of carboxylic acid groups (broad SMARTS) is 1. The van der Waals surface area contributed by atoms with E-state index in [4.69, 9.17) is 5.11 Å². The molecule has 0 aromatic carbocycles. The molecule has 7 heteroatoms. The predicted molar refractivity (Wildman–Crippen MR) is 73.6 cm³/mol. The molecule has 1 aromatic heterocycles. The van der Waals surface area contributed by atoms with Gasteiger partial charge in [-0.05, 0) is 30.7 Å². The first-order chi connectivity index (χ1) is 9.53. The van der Waals surface area contributed by atoms with Gasteiger partial charge in [0.1, 0.15) is 5.54 Å². The third-order valence-corrected chi connectivity index (χ3v) is 4.10. The van der Waals surface area contributed by atoms with E-state index >= 15 is 0 Å². The van der Waals surface area contributed by atoms with E-state index in [1.807, 2.05) is 0 Å². The normalized spacial score (nSPS) is 16.0. The maximum Gasteiger partial charge on any atom is 0.329 e. The molecule has 1 aliphatic carbocycles. The van der Waals surface area contributed by atoms with E-state index in [-0.39, 0.29) is 24.8 Å². The van der Waals surface area contributed by atoms with Crippen molar-refractivity contribution in [2.45, 2.75) is 31.2 Å². The Morgan fingerprint density at radius 3 is 2.60 bits per heavy atom. The highest BCUT2D eigenvalue weighted by Crippen LogP contribution is 2.31. The summed E-state index contributed by atoms with van der Waals surface area (Å²) in [6.07, 6.45) is 1.82. The first-order valence-corrected chi connectivity index (χ1v) is 7.33. The van der Waals surface area contributed by atoms with Gasteiger partial charge in [-0.3, -0.25) is 9.59 Å². The number of carboxylic acids is 1. The molecule has 0 atom stereocenters. The van der Waals surface area contributed by atoms with Crippen LogP contribution in [0.25, 0.3) is 0 Å². The van der Waals surface area contributed by atoms with Crippen LogP contribution in [0.2, 0.25) is 0 Å². The minimum atomic E-state index is -1.09. The predicted octanol–water partition coefficient (Wildman–Crippen LogP) is 0.991. The average molecular weight is 296 g/mol. The minimum absolute atomic E-state index is 0.0743. The van der Waals surface area contributed by atoms with Crippen LogP contribution >= 0.6 is 11.3 Å². The van der Waals surface area contributed by atoms with Crippen LogP contribution in [0.5, 0.6) is 0 Å². The molecule has 1 heterocycles. The van der Waals surface area contributed by atoms with Crippen molar-refractivity contribution < 1.29 is 19.5 Å². The minimum Gasteiger partial charge on any atom is -0.480 e. The highest BCUT2D eigenvalue weighted by Gasteiger charge is 2.45. The van der Waals surface area contributed by atoms with Crippen LogP contribution in [0.3, 0.4) is 0 Å². The third kappa shape index (κ3) is 3.16. The number of carbonyl (C=O) groups is 3. The molecule has 0 bridgehead atoms. The fraction of sp³-hybridized carbons (Fsp3) is 0.462. The first-order valence-electron chi connectivity index (χ1n) is 6.38. The Kier molecular flexibility index (Phi) is 4.39. The van der Waals surface area contributed by atoms with Crippen molar-refractivity contribution in [1.29, 1.82) is 0 Å². The van der Waals surface area contributed by atoms with Crippen LogP contribution in [0, 0.1) is 0 Å². The second kappa shape index (κ2) is 6.04. The number of amides is 2. The smallest absolute Gasteiger partial charge is 0.329 e. The van der Waals surface area contributed by atoms with E-state index in [0.29, 0.717) is 18.4 Å². The van der Waals surface area contributed by atoms with E-state index in [2.05, 4.69) is 10.6 Å². The second-order valence-electron chi connectivity index (χ2n) is 4.81. The lowest BCUT2D eigenvalue weighted by Gasteiger charge is -2.38. The molecular weight excluding hydrogens is 280 g/mol. The van der Waals surface area contributed by atoms with Gasteiger partial charge in [-0.2, -0.15) is 11.3 Å². The van der Waals surface area contributed by atoms with Crippen LogP contribution < -0.4 is 10.6 Å². The summed E-state index contributed by atoms with van der Waals surface area (Å²) >= 11 is 1.42. The van der Waals surface area contributed by atoms with Gasteiger partial charge in [0.25, 0.3) is 5.91 Å². The molecule has 1 saturated carbocycles. The molecule has 1 aliphatic rings. The number of nitrogens with one attached hydrogen (secondary N) is 2. The molecule has 0 saturated heterocycles. The molecule has 3 N–H and O–H groups in total. The summed E-state index contributed by atoms with van der Waals surface area (Å²) in [7, 11) is 0. The first kappa shape index (κ1) is 14.5. The van der Waals surface area contributed by atoms with E-state index in [1.165, 1.54) is 11.3 Å². The summed E-state index contributed by atoms with van der Waals surface area (Å²) in [6.45, 7) is 0.191. The Morgan fingerprint density at radius 1 is 1.35 bits per heavy atom. The Morgan fingerprint density at radius 2 is 2.10 bits per heavy atom. The fourth-order valence-corrected chi connectivity index (χ4v) is 2.67. The Hall–Kier alpha value is -1.89. The summed E-state index contributed by atoms with van der Waals surface area (Å²) in [4.78, 5) is 34.4. The molecule has 0 aliphatic heterocycles. The Bertz CT molecular complexity index is 508. The van der Waals surface area contributed by atoms with Gasteiger partial charge in [0.05, 0.1) is 0 Å². The maximum atomic E-state index is 11.7. The van der Waals surface area contributed by atoms with Gasteiger partial charge in [0.2, 0.25) is 5.91 Å². The lowest BCUT2D eigenvalue weighted by molar-refractivity contribution is -0.151. The standard InChI is InChI=1S/C13H16N2O4S/c16-10(15-13(12(18)19)4-1-5-13)2-6-14-11(17)9-3-7-20-8-9/h3,7-8H,1-2,4-6H2,(H,14,17)(H,15,16)(H,18,19). The van der Waals surface area contributed by atoms with Gasteiger partial charge < -0.3 is 15.7 Å². The molecule has 1 aromatic rings. The summed E-state index contributed by atoms with van der Waals surface area (Å²) in [5, 5.41) is 17.8. The van der Waals surface area contributed by atoms with Gasteiger partial charge >= 0.3 is 5.97 Å². The second-order valence-corrected chi connectivity index (χ2v) is 5.59. The Labute approximate surface area is 120 Å². The number of aliphatic carboxylic acids is 1. The molecule has 1 fully saturated rings. The van der Waals surface area contributed by atoms with E-state index in [9.17, 15) is 14.4 Å². The summed E-state index contributed by atoms with van der Waals surface area (Å²) in [5.41, 5.74) is -0.523. The molecule has 0 radical (unpaired) electrons. The number of carbonyl (C=O) groups excluding carboxylic acids is 2. The molecular formula is C13H16N2O4S. The van der Waals surface area contributed by atoms with Crippen LogP contribution in [0.15, 0.2) is 16.8 Å². The lowest BCUT2D eigenvalue weighted by Crippen LogP contribution is -2.59. The van der Waals surface area contributed by atoms with Gasteiger partial charge in [0, 0.05) is 23.9 Å². The Balaban J connectivity index is 1.73. The van der Waals surface area contributed by atoms with Crippen molar-refractivity contribution in [1.82, 2.24) is 10.6 Å². The van der Waals surface area contributed by atoms with E-state index in [0.717, 1.165) is 6.42 Å². The zero-order valence-corrected chi connectivity index (χ0v) is 11.7. The van der Waals surface area contributed by atoms with Gasteiger partial charge in [0.15, 0.2) is 0 Å².